The van der Waals surface area contributed by atoms with Crippen LogP contribution in [0, 0.1) is 11.7 Å². The molecule has 0 unspecified atom stereocenters. The highest BCUT2D eigenvalue weighted by atomic mass is 32.2. The van der Waals surface area contributed by atoms with Crippen molar-refractivity contribution in [2.75, 3.05) is 25.4 Å². The molecule has 16 heteroatoms. The number of carboxylic acid groups (broad SMARTS) is 1. The molecule has 262 valence electrons. The fourth-order valence-electron chi connectivity index (χ4n) is 5.26. The molecule has 2 atom stereocenters. The maximum atomic E-state index is 14.3. The van der Waals surface area contributed by atoms with Crippen molar-refractivity contribution in [2.45, 2.75) is 56.0 Å². The number of sulfonamides is 1. The van der Waals surface area contributed by atoms with E-state index in [9.17, 15) is 41.9 Å². The Bertz CT molecular complexity index is 1620. The quantitative estimate of drug-likeness (QED) is 0.0628. The fourth-order valence-corrected chi connectivity index (χ4v) is 7.44. The van der Waals surface area contributed by atoms with E-state index in [-0.39, 0.29) is 42.4 Å². The average molecular weight is 709 g/mol. The molecular formula is C32H42FN4O9PS. The highest BCUT2D eigenvalue weighted by molar-refractivity contribution is 7.89. The van der Waals surface area contributed by atoms with Gasteiger partial charge in [-0.1, -0.05) is 80.9 Å². The van der Waals surface area contributed by atoms with Gasteiger partial charge < -0.3 is 31.3 Å². The molecule has 7 N–H and O–H groups in total. The summed E-state index contributed by atoms with van der Waals surface area (Å²) in [5.74, 6) is -2.38. The number of rotatable bonds is 18. The second kappa shape index (κ2) is 17.5. The first-order valence-electron chi connectivity index (χ1n) is 15.2. The number of amides is 2. The zero-order valence-electron chi connectivity index (χ0n) is 26.6. The van der Waals surface area contributed by atoms with E-state index in [2.05, 4.69) is 10.6 Å². The number of phosphoric acid groups is 1. The van der Waals surface area contributed by atoms with Gasteiger partial charge in [0.2, 0.25) is 15.9 Å². The standard InChI is InChI=1S/C32H42FN4O9PS/c1-22(2)20-37(48(44,45)26-16-17-28(34)27(33)19-26)25(21-46-47(41,42)43)15-9-10-18-35-31(38)30(36-32(39)40)29(23-11-5-3-6-12-23)24-13-7-4-8-14-24/h3-8,11-14,16-17,19,22,25,29-30,36H,9-10,15,18,20-21,34H2,1-2H3,(H,35,38)(H,39,40)(H2,41,42,43)/t25-,30-/m0/s1. The number of carbonyl (C=O) groups excluding carboxylic acids is 1. The molecular weight excluding hydrogens is 666 g/mol. The Morgan fingerprint density at radius 2 is 1.56 bits per heavy atom. The zero-order valence-corrected chi connectivity index (χ0v) is 28.3. The lowest BCUT2D eigenvalue weighted by molar-refractivity contribution is -0.123. The molecule has 0 aliphatic rings. The third-order valence-corrected chi connectivity index (χ3v) is 9.84. The number of hydrogen-bond donors (Lipinski definition) is 6. The third-order valence-electron chi connectivity index (χ3n) is 7.44. The molecule has 0 spiro atoms. The molecule has 3 rings (SSSR count). The number of nitrogens with one attached hydrogen (secondary N) is 2. The lowest BCUT2D eigenvalue weighted by atomic mass is 9.84. The van der Waals surface area contributed by atoms with Gasteiger partial charge in [0.25, 0.3) is 0 Å². The van der Waals surface area contributed by atoms with Gasteiger partial charge in [0.15, 0.2) is 0 Å². The first-order chi connectivity index (χ1) is 22.6. The number of phosphoric ester groups is 1. The van der Waals surface area contributed by atoms with Crippen LogP contribution in [0.4, 0.5) is 14.9 Å². The summed E-state index contributed by atoms with van der Waals surface area (Å²) < 4.78 is 59.0. The van der Waals surface area contributed by atoms with Crippen LogP contribution in [0.5, 0.6) is 0 Å². The van der Waals surface area contributed by atoms with Gasteiger partial charge in [0.1, 0.15) is 11.9 Å². The Morgan fingerprint density at radius 3 is 2.06 bits per heavy atom. The van der Waals surface area contributed by atoms with Gasteiger partial charge >= 0.3 is 13.9 Å². The van der Waals surface area contributed by atoms with Gasteiger partial charge in [-0.05, 0) is 48.1 Å². The summed E-state index contributed by atoms with van der Waals surface area (Å²) in [6, 6.07) is 18.8. The molecule has 0 saturated carbocycles. The number of benzene rings is 3. The predicted molar refractivity (Wildman–Crippen MR) is 178 cm³/mol. The Labute approximate surface area is 279 Å². The minimum atomic E-state index is -4.98. The normalized spacial score (nSPS) is 13.4. The third kappa shape index (κ3) is 11.4. The number of anilines is 1. The maximum absolute atomic E-state index is 14.3. The van der Waals surface area contributed by atoms with E-state index in [0.29, 0.717) is 6.42 Å². The number of hydrogen-bond acceptors (Lipinski definition) is 7. The summed E-state index contributed by atoms with van der Waals surface area (Å²) in [6.45, 7) is 2.87. The minimum Gasteiger partial charge on any atom is -0.465 e. The summed E-state index contributed by atoms with van der Waals surface area (Å²) in [5, 5.41) is 14.7. The molecule has 0 aliphatic heterocycles. The number of halogens is 1. The zero-order chi connectivity index (χ0) is 35.5. The summed E-state index contributed by atoms with van der Waals surface area (Å²) in [5.41, 5.74) is 6.72. The predicted octanol–water partition coefficient (Wildman–Crippen LogP) is 4.29. The highest BCUT2D eigenvalue weighted by Crippen LogP contribution is 2.37. The van der Waals surface area contributed by atoms with Crippen molar-refractivity contribution < 1.29 is 46.4 Å². The lowest BCUT2D eigenvalue weighted by Crippen LogP contribution is -2.50. The molecule has 0 radical (unpaired) electrons. The summed E-state index contributed by atoms with van der Waals surface area (Å²) in [6.07, 6.45) is -0.752. The Balaban J connectivity index is 1.78. The number of nitrogen functional groups attached to an aromatic ring is 1. The van der Waals surface area contributed by atoms with E-state index in [1.807, 2.05) is 12.1 Å². The molecule has 13 nitrogen and oxygen atoms in total. The lowest BCUT2D eigenvalue weighted by Gasteiger charge is -2.32. The smallest absolute Gasteiger partial charge is 0.465 e. The van der Waals surface area contributed by atoms with Crippen molar-refractivity contribution >= 4 is 35.5 Å². The van der Waals surface area contributed by atoms with Gasteiger partial charge in [0.05, 0.1) is 17.2 Å². The number of nitrogens with zero attached hydrogens (tertiary/aromatic N) is 1. The van der Waals surface area contributed by atoms with Crippen LogP contribution in [-0.2, 0) is 23.9 Å². The van der Waals surface area contributed by atoms with Crippen LogP contribution in [0.3, 0.4) is 0 Å². The minimum absolute atomic E-state index is 0.0622. The van der Waals surface area contributed by atoms with Gasteiger partial charge in [0, 0.05) is 25.0 Å². The SMILES string of the molecule is CC(C)CN([C@@H](CCCCNC(=O)[C@@H](NC(=O)O)C(c1ccccc1)c1ccccc1)COP(=O)(O)O)S(=O)(=O)c1ccc(N)c(F)c1. The largest absolute Gasteiger partial charge is 0.469 e. The van der Waals surface area contributed by atoms with Crippen molar-refractivity contribution in [3.63, 3.8) is 0 Å². The van der Waals surface area contributed by atoms with Gasteiger partial charge in [-0.15, -0.1) is 0 Å². The highest BCUT2D eigenvalue weighted by Gasteiger charge is 2.35. The van der Waals surface area contributed by atoms with E-state index < -0.39 is 60.3 Å². The number of unbranched alkanes of at least 4 members (excludes halogenated alkanes) is 1. The number of carbonyl (C=O) groups is 2. The Kier molecular flexibility index (Phi) is 14.1. The average Bonchev–Trinajstić information content (AvgIpc) is 3.02. The maximum Gasteiger partial charge on any atom is 0.469 e. The second-order valence-electron chi connectivity index (χ2n) is 11.6. The monoisotopic (exact) mass is 708 g/mol. The molecule has 0 bridgehead atoms. The summed E-state index contributed by atoms with van der Waals surface area (Å²) in [7, 11) is -9.36. The van der Waals surface area contributed by atoms with Crippen molar-refractivity contribution in [3.05, 3.63) is 95.8 Å². The van der Waals surface area contributed by atoms with E-state index in [0.717, 1.165) is 33.6 Å². The van der Waals surface area contributed by atoms with Crippen LogP contribution in [-0.4, -0.2) is 71.4 Å². The van der Waals surface area contributed by atoms with Crippen LogP contribution in [0.15, 0.2) is 83.8 Å². The van der Waals surface area contributed by atoms with Crippen molar-refractivity contribution in [1.82, 2.24) is 14.9 Å². The second-order valence-corrected chi connectivity index (χ2v) is 14.7. The van der Waals surface area contributed by atoms with E-state index in [1.54, 1.807) is 62.4 Å². The van der Waals surface area contributed by atoms with Crippen LogP contribution in [0.1, 0.15) is 50.2 Å². The number of nitrogens with two attached hydrogens (primary N) is 1. The molecule has 0 aliphatic carbocycles. The van der Waals surface area contributed by atoms with E-state index in [1.165, 1.54) is 0 Å². The molecule has 48 heavy (non-hydrogen) atoms. The molecule has 3 aromatic carbocycles. The van der Waals surface area contributed by atoms with Crippen LogP contribution in [0.25, 0.3) is 0 Å². The molecule has 2 amide bonds. The molecule has 0 saturated heterocycles. The van der Waals surface area contributed by atoms with Gasteiger partial charge in [-0.25, -0.2) is 22.2 Å². The van der Waals surface area contributed by atoms with Crippen LogP contribution < -0.4 is 16.4 Å². The molecule has 0 aromatic heterocycles. The summed E-state index contributed by atoms with van der Waals surface area (Å²) in [4.78, 5) is 43.6. The molecule has 3 aromatic rings. The van der Waals surface area contributed by atoms with Gasteiger partial charge in [-0.2, -0.15) is 4.31 Å². The van der Waals surface area contributed by atoms with Gasteiger partial charge in [-0.3, -0.25) is 9.32 Å². The summed E-state index contributed by atoms with van der Waals surface area (Å²) >= 11 is 0. The topological polar surface area (TPSA) is 209 Å². The first-order valence-corrected chi connectivity index (χ1v) is 18.2. The van der Waals surface area contributed by atoms with Crippen LogP contribution in [0.2, 0.25) is 0 Å². The Hall–Kier alpha value is -3.85. The van der Waals surface area contributed by atoms with Crippen LogP contribution >= 0.6 is 7.82 Å². The molecule has 0 heterocycles. The van der Waals surface area contributed by atoms with E-state index in [4.69, 9.17) is 10.3 Å². The van der Waals surface area contributed by atoms with Crippen molar-refractivity contribution in [2.24, 2.45) is 5.92 Å². The van der Waals surface area contributed by atoms with Crippen molar-refractivity contribution in [1.29, 1.82) is 0 Å². The van der Waals surface area contributed by atoms with Crippen molar-refractivity contribution in [3.8, 4) is 0 Å². The first kappa shape index (κ1) is 38.6. The fraction of sp³-hybridized carbons (Fsp3) is 0.375. The Morgan fingerprint density at radius 1 is 0.979 bits per heavy atom. The van der Waals surface area contributed by atoms with E-state index >= 15 is 0 Å². The molecule has 0 fully saturated rings.